The largest absolute Gasteiger partial charge is 0.391 e. The number of aryl methyl sites for hydroxylation is 1. The molecular formula is C17H27NO2. The Morgan fingerprint density at radius 3 is 2.30 bits per heavy atom. The summed E-state index contributed by atoms with van der Waals surface area (Å²) in [6, 6.07) is 8.14. The number of aliphatic hydroxyl groups excluding tert-OH is 1. The van der Waals surface area contributed by atoms with Gasteiger partial charge in [0, 0.05) is 6.54 Å². The molecule has 0 fully saturated rings. The van der Waals surface area contributed by atoms with Gasteiger partial charge in [-0.15, -0.1) is 0 Å². The first-order chi connectivity index (χ1) is 9.43. The lowest BCUT2D eigenvalue weighted by molar-refractivity contribution is -0.122. The summed E-state index contributed by atoms with van der Waals surface area (Å²) in [5, 5.41) is 12.6. The standard InChI is InChI=1S/C17H27NO2/c1-5-14-6-8-15(9-7-14)13(4)17(20)18-11-16(19)10-12(2)3/h6-9,12-13,16,19H,5,10-11H2,1-4H3,(H,18,20). The number of hydrogen-bond donors (Lipinski definition) is 2. The Morgan fingerprint density at radius 1 is 1.20 bits per heavy atom. The first-order valence-electron chi connectivity index (χ1n) is 7.48. The minimum Gasteiger partial charge on any atom is -0.391 e. The molecule has 2 atom stereocenters. The van der Waals surface area contributed by atoms with E-state index in [1.807, 2.05) is 19.1 Å². The van der Waals surface area contributed by atoms with Gasteiger partial charge in [-0.05, 0) is 36.8 Å². The van der Waals surface area contributed by atoms with Crippen LogP contribution in [0.5, 0.6) is 0 Å². The minimum absolute atomic E-state index is 0.0305. The summed E-state index contributed by atoms with van der Waals surface area (Å²) in [5.41, 5.74) is 2.28. The molecule has 1 aromatic carbocycles. The fourth-order valence-corrected chi connectivity index (χ4v) is 2.19. The van der Waals surface area contributed by atoms with E-state index in [0.717, 1.165) is 12.0 Å². The second-order valence-electron chi connectivity index (χ2n) is 5.85. The highest BCUT2D eigenvalue weighted by molar-refractivity contribution is 5.83. The van der Waals surface area contributed by atoms with Gasteiger partial charge in [0.1, 0.15) is 0 Å². The third-order valence-electron chi connectivity index (χ3n) is 3.54. The highest BCUT2D eigenvalue weighted by Gasteiger charge is 2.16. The van der Waals surface area contributed by atoms with Crippen LogP contribution in [0.15, 0.2) is 24.3 Å². The summed E-state index contributed by atoms with van der Waals surface area (Å²) < 4.78 is 0. The van der Waals surface area contributed by atoms with Gasteiger partial charge in [0.15, 0.2) is 0 Å². The molecule has 0 radical (unpaired) electrons. The van der Waals surface area contributed by atoms with E-state index < -0.39 is 6.10 Å². The minimum atomic E-state index is -0.464. The SMILES string of the molecule is CCc1ccc(C(C)C(=O)NCC(O)CC(C)C)cc1. The Morgan fingerprint density at radius 2 is 1.80 bits per heavy atom. The van der Waals surface area contributed by atoms with Crippen LogP contribution in [0, 0.1) is 5.92 Å². The molecule has 0 saturated carbocycles. The second kappa shape index (κ2) is 8.05. The summed E-state index contributed by atoms with van der Waals surface area (Å²) in [7, 11) is 0. The Kier molecular flexibility index (Phi) is 6.73. The van der Waals surface area contributed by atoms with Crippen molar-refractivity contribution < 1.29 is 9.90 Å². The van der Waals surface area contributed by atoms with E-state index in [0.29, 0.717) is 18.9 Å². The van der Waals surface area contributed by atoms with Crippen molar-refractivity contribution in [2.24, 2.45) is 5.92 Å². The third-order valence-corrected chi connectivity index (χ3v) is 3.54. The molecule has 0 aromatic heterocycles. The molecular weight excluding hydrogens is 250 g/mol. The van der Waals surface area contributed by atoms with Crippen LogP contribution in [0.4, 0.5) is 0 Å². The maximum Gasteiger partial charge on any atom is 0.227 e. The highest BCUT2D eigenvalue weighted by Crippen LogP contribution is 2.16. The van der Waals surface area contributed by atoms with Gasteiger partial charge < -0.3 is 10.4 Å². The quantitative estimate of drug-likeness (QED) is 0.805. The maximum atomic E-state index is 12.1. The molecule has 3 heteroatoms. The molecule has 20 heavy (non-hydrogen) atoms. The van der Waals surface area contributed by atoms with Crippen molar-refractivity contribution in [3.8, 4) is 0 Å². The summed E-state index contributed by atoms with van der Waals surface area (Å²) in [5.74, 6) is 0.213. The number of carbonyl (C=O) groups excluding carboxylic acids is 1. The lowest BCUT2D eigenvalue weighted by atomic mass is 9.98. The Hall–Kier alpha value is -1.35. The molecule has 0 aliphatic rings. The molecule has 2 N–H and O–H groups in total. The number of nitrogens with one attached hydrogen (secondary N) is 1. The molecule has 2 unspecified atom stereocenters. The molecule has 0 aliphatic heterocycles. The van der Waals surface area contributed by atoms with Crippen LogP contribution in [0.25, 0.3) is 0 Å². The zero-order valence-electron chi connectivity index (χ0n) is 13.0. The first kappa shape index (κ1) is 16.7. The number of aliphatic hydroxyl groups is 1. The van der Waals surface area contributed by atoms with Crippen molar-refractivity contribution in [1.82, 2.24) is 5.32 Å². The molecule has 1 amide bonds. The van der Waals surface area contributed by atoms with Gasteiger partial charge in [-0.1, -0.05) is 45.0 Å². The molecule has 0 saturated heterocycles. The molecule has 0 heterocycles. The Labute approximate surface area is 122 Å². The number of hydrogen-bond acceptors (Lipinski definition) is 2. The monoisotopic (exact) mass is 277 g/mol. The van der Waals surface area contributed by atoms with E-state index in [1.54, 1.807) is 0 Å². The molecule has 3 nitrogen and oxygen atoms in total. The van der Waals surface area contributed by atoms with Crippen LogP contribution in [-0.2, 0) is 11.2 Å². The fourth-order valence-electron chi connectivity index (χ4n) is 2.19. The van der Waals surface area contributed by atoms with Crippen LogP contribution >= 0.6 is 0 Å². The zero-order valence-corrected chi connectivity index (χ0v) is 13.0. The van der Waals surface area contributed by atoms with Crippen molar-refractivity contribution in [3.05, 3.63) is 35.4 Å². The van der Waals surface area contributed by atoms with Crippen LogP contribution in [0.2, 0.25) is 0 Å². The summed E-state index contributed by atoms with van der Waals surface area (Å²) in [6.45, 7) is 8.45. The lowest BCUT2D eigenvalue weighted by Gasteiger charge is -2.17. The molecule has 1 rings (SSSR count). The molecule has 1 aromatic rings. The maximum absolute atomic E-state index is 12.1. The topological polar surface area (TPSA) is 49.3 Å². The van der Waals surface area contributed by atoms with Gasteiger partial charge in [0.2, 0.25) is 5.91 Å². The van der Waals surface area contributed by atoms with Crippen LogP contribution in [0.1, 0.15) is 51.2 Å². The molecule has 0 aliphatic carbocycles. The van der Waals surface area contributed by atoms with Gasteiger partial charge in [-0.3, -0.25) is 4.79 Å². The van der Waals surface area contributed by atoms with Crippen molar-refractivity contribution in [2.45, 2.75) is 52.6 Å². The Balaban J connectivity index is 2.49. The summed E-state index contributed by atoms with van der Waals surface area (Å²) in [4.78, 5) is 12.1. The van der Waals surface area contributed by atoms with Crippen LogP contribution in [-0.4, -0.2) is 23.7 Å². The molecule has 112 valence electrons. The summed E-state index contributed by atoms with van der Waals surface area (Å²) >= 11 is 0. The van der Waals surface area contributed by atoms with Crippen LogP contribution < -0.4 is 5.32 Å². The predicted molar refractivity (Wildman–Crippen MR) is 82.7 cm³/mol. The zero-order chi connectivity index (χ0) is 15.1. The van der Waals surface area contributed by atoms with E-state index in [9.17, 15) is 9.90 Å². The number of carbonyl (C=O) groups is 1. The van der Waals surface area contributed by atoms with Gasteiger partial charge >= 0.3 is 0 Å². The summed E-state index contributed by atoms with van der Waals surface area (Å²) in [6.07, 6.45) is 1.25. The number of rotatable bonds is 7. The van der Waals surface area contributed by atoms with E-state index in [-0.39, 0.29) is 11.8 Å². The lowest BCUT2D eigenvalue weighted by Crippen LogP contribution is -2.35. The van der Waals surface area contributed by atoms with Gasteiger partial charge in [0.05, 0.1) is 12.0 Å². The Bertz CT molecular complexity index is 412. The molecule has 0 spiro atoms. The van der Waals surface area contributed by atoms with Crippen molar-refractivity contribution in [2.75, 3.05) is 6.54 Å². The third kappa shape index (κ3) is 5.33. The van der Waals surface area contributed by atoms with Crippen LogP contribution in [0.3, 0.4) is 0 Å². The van der Waals surface area contributed by atoms with E-state index in [4.69, 9.17) is 0 Å². The normalized spacial score (nSPS) is 14.1. The second-order valence-corrected chi connectivity index (χ2v) is 5.85. The number of amides is 1. The fraction of sp³-hybridized carbons (Fsp3) is 0.588. The number of benzene rings is 1. The van der Waals surface area contributed by atoms with Gasteiger partial charge in [0.25, 0.3) is 0 Å². The average Bonchev–Trinajstić information content (AvgIpc) is 2.43. The van der Waals surface area contributed by atoms with E-state index in [1.165, 1.54) is 5.56 Å². The highest BCUT2D eigenvalue weighted by atomic mass is 16.3. The van der Waals surface area contributed by atoms with Gasteiger partial charge in [-0.2, -0.15) is 0 Å². The average molecular weight is 277 g/mol. The van der Waals surface area contributed by atoms with E-state index in [2.05, 4.69) is 38.2 Å². The predicted octanol–water partition coefficient (Wildman–Crippen LogP) is 2.88. The molecule has 0 bridgehead atoms. The smallest absolute Gasteiger partial charge is 0.227 e. The first-order valence-corrected chi connectivity index (χ1v) is 7.48. The van der Waals surface area contributed by atoms with E-state index >= 15 is 0 Å². The van der Waals surface area contributed by atoms with Crippen molar-refractivity contribution >= 4 is 5.91 Å². The van der Waals surface area contributed by atoms with Crippen molar-refractivity contribution in [1.29, 1.82) is 0 Å². The van der Waals surface area contributed by atoms with Crippen molar-refractivity contribution in [3.63, 3.8) is 0 Å². The van der Waals surface area contributed by atoms with Gasteiger partial charge in [-0.25, -0.2) is 0 Å².